The molecule has 3 heterocycles. The monoisotopic (exact) mass is 497 g/mol. The number of ether oxygens (including phenoxy) is 2. The second kappa shape index (κ2) is 9.03. The lowest BCUT2D eigenvalue weighted by Crippen LogP contribution is -2.52. The Morgan fingerprint density at radius 1 is 1.30 bits per heavy atom. The van der Waals surface area contributed by atoms with E-state index in [-0.39, 0.29) is 53.5 Å². The summed E-state index contributed by atoms with van der Waals surface area (Å²) in [4.78, 5) is 25.1. The van der Waals surface area contributed by atoms with Crippen molar-refractivity contribution >= 4 is 40.9 Å². The van der Waals surface area contributed by atoms with Crippen molar-refractivity contribution in [1.29, 1.82) is 0 Å². The quantitative estimate of drug-likeness (QED) is 0.630. The van der Waals surface area contributed by atoms with Crippen LogP contribution in [0.4, 0.5) is 14.5 Å². The Morgan fingerprint density at radius 3 is 2.85 bits per heavy atom. The van der Waals surface area contributed by atoms with Gasteiger partial charge < -0.3 is 20.5 Å². The van der Waals surface area contributed by atoms with E-state index in [0.29, 0.717) is 18.4 Å². The number of nitrogens with two attached hydrogens (primary N) is 1. The number of carbonyl (C=O) groups is 1. The number of hydrogen-bond acceptors (Lipinski definition) is 8. The summed E-state index contributed by atoms with van der Waals surface area (Å²) < 4.78 is 41.4. The summed E-state index contributed by atoms with van der Waals surface area (Å²) in [5, 5.41) is 2.81. The smallest absolute Gasteiger partial charge is 0.275 e. The molecule has 2 aliphatic heterocycles. The molecule has 2 atom stereocenters. The Bertz CT molecular complexity index is 1090. The molecule has 0 radical (unpaired) electrons. The molecule has 33 heavy (non-hydrogen) atoms. The van der Waals surface area contributed by atoms with Crippen LogP contribution in [0.3, 0.4) is 0 Å². The van der Waals surface area contributed by atoms with Crippen molar-refractivity contribution in [2.45, 2.75) is 24.0 Å². The number of fused-ring (bicyclic) bond motifs is 1. The van der Waals surface area contributed by atoms with Gasteiger partial charge in [-0.3, -0.25) is 4.79 Å². The number of aromatic nitrogens is 2. The minimum Gasteiger partial charge on any atom is -0.476 e. The van der Waals surface area contributed by atoms with Gasteiger partial charge in [0.15, 0.2) is 16.4 Å². The van der Waals surface area contributed by atoms with Crippen LogP contribution < -0.4 is 15.8 Å². The standard InChI is InChI=1S/C21H21F2N5O3S.ClH/c22-15-4-3-13(5-14(15)21-10-30-9-20(21,23)11-32-19(24)28-21)27-18(29)16-6-26-17(7-25-16)31-8-12-1-2-12;/h3-7,12H,1-2,8-11H2,(H2,24,28)(H,27,29);1H. The molecule has 2 fully saturated rings. The van der Waals surface area contributed by atoms with Crippen molar-refractivity contribution < 1.29 is 23.0 Å². The van der Waals surface area contributed by atoms with Gasteiger partial charge in [0.2, 0.25) is 5.88 Å². The molecular formula is C21H22ClF2N5O3S. The molecule has 8 nitrogen and oxygen atoms in total. The van der Waals surface area contributed by atoms with Crippen LogP contribution in [-0.4, -0.2) is 52.3 Å². The zero-order valence-corrected chi connectivity index (χ0v) is 19.1. The van der Waals surface area contributed by atoms with E-state index in [4.69, 9.17) is 15.2 Å². The Kier molecular flexibility index (Phi) is 6.47. The van der Waals surface area contributed by atoms with Crippen LogP contribution in [0.25, 0.3) is 0 Å². The molecular weight excluding hydrogens is 476 g/mol. The molecule has 5 rings (SSSR count). The molecule has 1 saturated carbocycles. The Morgan fingerprint density at radius 2 is 2.12 bits per heavy atom. The maximum absolute atomic E-state index is 15.7. The maximum atomic E-state index is 15.7. The number of nitrogens with one attached hydrogen (secondary N) is 1. The van der Waals surface area contributed by atoms with Gasteiger partial charge in [-0.25, -0.2) is 23.7 Å². The number of nitrogens with zero attached hydrogens (tertiary/aromatic N) is 3. The molecule has 1 aliphatic carbocycles. The number of anilines is 1. The molecule has 176 valence electrons. The zero-order chi connectivity index (χ0) is 22.3. The lowest BCUT2D eigenvalue weighted by atomic mass is 9.79. The summed E-state index contributed by atoms with van der Waals surface area (Å²) in [5.41, 5.74) is 2.63. The summed E-state index contributed by atoms with van der Waals surface area (Å²) in [6.45, 7) is 0.232. The van der Waals surface area contributed by atoms with E-state index in [9.17, 15) is 9.18 Å². The SMILES string of the molecule is Cl.NC1=NC2(c3cc(NC(=O)c4cnc(OCC5CC5)cn4)ccc3F)COCC2(F)CS1. The first kappa shape index (κ1) is 23.7. The van der Waals surface area contributed by atoms with Gasteiger partial charge in [0.05, 0.1) is 32.2 Å². The van der Waals surface area contributed by atoms with Crippen LogP contribution in [0.15, 0.2) is 35.6 Å². The maximum Gasteiger partial charge on any atom is 0.275 e. The number of thioether (sulfide) groups is 1. The first-order valence-corrected chi connectivity index (χ1v) is 11.2. The first-order valence-electron chi connectivity index (χ1n) is 10.2. The second-order valence-electron chi connectivity index (χ2n) is 8.20. The normalized spacial score (nSPS) is 26.1. The lowest BCUT2D eigenvalue weighted by Gasteiger charge is -2.38. The highest BCUT2D eigenvalue weighted by molar-refractivity contribution is 8.13. The minimum absolute atomic E-state index is 0. The van der Waals surface area contributed by atoms with E-state index in [1.54, 1.807) is 0 Å². The van der Waals surface area contributed by atoms with E-state index < -0.39 is 22.9 Å². The largest absolute Gasteiger partial charge is 0.476 e. The Labute approximate surface area is 199 Å². The van der Waals surface area contributed by atoms with Gasteiger partial charge in [0.25, 0.3) is 5.91 Å². The fourth-order valence-corrected chi connectivity index (χ4v) is 4.72. The van der Waals surface area contributed by atoms with E-state index in [0.717, 1.165) is 30.7 Å². The number of halogens is 3. The summed E-state index contributed by atoms with van der Waals surface area (Å²) in [7, 11) is 0. The molecule has 0 spiro atoms. The molecule has 2 aromatic rings. The van der Waals surface area contributed by atoms with Crippen LogP contribution in [0.2, 0.25) is 0 Å². The highest BCUT2D eigenvalue weighted by atomic mass is 35.5. The molecule has 3 N–H and O–H groups in total. The van der Waals surface area contributed by atoms with E-state index >= 15 is 4.39 Å². The van der Waals surface area contributed by atoms with Crippen molar-refractivity contribution in [1.82, 2.24) is 9.97 Å². The molecule has 0 bridgehead atoms. The molecule has 1 aromatic heterocycles. The summed E-state index contributed by atoms with van der Waals surface area (Å²) in [5.74, 6) is -0.276. The van der Waals surface area contributed by atoms with E-state index in [1.807, 2.05) is 0 Å². The highest BCUT2D eigenvalue weighted by Gasteiger charge is 2.61. The number of carbonyl (C=O) groups excluding carboxylic acids is 1. The van der Waals surface area contributed by atoms with Crippen LogP contribution in [0.5, 0.6) is 5.88 Å². The number of rotatable bonds is 6. The van der Waals surface area contributed by atoms with E-state index in [1.165, 1.54) is 24.5 Å². The van der Waals surface area contributed by atoms with Gasteiger partial charge in [-0.2, -0.15) is 0 Å². The number of alkyl halides is 1. The Balaban J connectivity index is 0.00000259. The van der Waals surface area contributed by atoms with Gasteiger partial charge in [0, 0.05) is 17.0 Å². The van der Waals surface area contributed by atoms with E-state index in [2.05, 4.69) is 20.3 Å². The molecule has 3 aliphatic rings. The lowest BCUT2D eigenvalue weighted by molar-refractivity contribution is 0.102. The molecule has 12 heteroatoms. The summed E-state index contributed by atoms with van der Waals surface area (Å²) in [6.07, 6.45) is 5.00. The van der Waals surface area contributed by atoms with Crippen LogP contribution in [0.1, 0.15) is 28.9 Å². The first-order chi connectivity index (χ1) is 15.4. The van der Waals surface area contributed by atoms with Gasteiger partial charge in [-0.05, 0) is 37.0 Å². The fourth-order valence-electron chi connectivity index (χ4n) is 3.80. The number of hydrogen-bond donors (Lipinski definition) is 2. The third-order valence-electron chi connectivity index (χ3n) is 5.83. The van der Waals surface area contributed by atoms with Crippen molar-refractivity contribution in [3.05, 3.63) is 47.7 Å². The number of benzene rings is 1. The predicted octanol–water partition coefficient (Wildman–Crippen LogP) is 3.07. The van der Waals surface area contributed by atoms with Crippen molar-refractivity contribution in [2.24, 2.45) is 16.6 Å². The third kappa shape index (κ3) is 4.49. The van der Waals surface area contributed by atoms with Crippen LogP contribution >= 0.6 is 24.2 Å². The zero-order valence-electron chi connectivity index (χ0n) is 17.4. The molecule has 2 unspecified atom stereocenters. The van der Waals surface area contributed by atoms with Gasteiger partial charge in [-0.1, -0.05) is 11.8 Å². The van der Waals surface area contributed by atoms with Gasteiger partial charge >= 0.3 is 0 Å². The molecule has 1 amide bonds. The topological polar surface area (TPSA) is 112 Å². The molecule has 1 saturated heterocycles. The Hall–Kier alpha value is -2.50. The van der Waals surface area contributed by atoms with Gasteiger partial charge in [0.1, 0.15) is 11.5 Å². The van der Waals surface area contributed by atoms with Crippen molar-refractivity contribution in [3.8, 4) is 5.88 Å². The van der Waals surface area contributed by atoms with Crippen LogP contribution in [0, 0.1) is 11.7 Å². The minimum atomic E-state index is -1.91. The second-order valence-corrected chi connectivity index (χ2v) is 9.20. The third-order valence-corrected chi connectivity index (χ3v) is 6.82. The molecule has 1 aromatic carbocycles. The predicted molar refractivity (Wildman–Crippen MR) is 122 cm³/mol. The van der Waals surface area contributed by atoms with Crippen LogP contribution in [-0.2, 0) is 10.3 Å². The van der Waals surface area contributed by atoms with Crippen molar-refractivity contribution in [2.75, 3.05) is 30.9 Å². The average molecular weight is 498 g/mol. The fraction of sp³-hybridized carbons (Fsp3) is 0.429. The summed E-state index contributed by atoms with van der Waals surface area (Å²) >= 11 is 1.07. The number of amidine groups is 1. The highest BCUT2D eigenvalue weighted by Crippen LogP contribution is 2.50. The summed E-state index contributed by atoms with van der Waals surface area (Å²) in [6, 6.07) is 3.91. The average Bonchev–Trinajstić information content (AvgIpc) is 3.55. The van der Waals surface area contributed by atoms with Crippen molar-refractivity contribution in [3.63, 3.8) is 0 Å². The number of amides is 1. The number of aliphatic imine (C=N–C) groups is 1. The van der Waals surface area contributed by atoms with Gasteiger partial charge in [-0.15, -0.1) is 12.4 Å².